The summed E-state index contributed by atoms with van der Waals surface area (Å²) in [7, 11) is 3.24. The Morgan fingerprint density at radius 1 is 1.12 bits per heavy atom. The number of rotatable bonds is 4. The molecule has 5 heteroatoms. The van der Waals surface area contributed by atoms with Gasteiger partial charge in [0.2, 0.25) is 5.91 Å². The van der Waals surface area contributed by atoms with Crippen LogP contribution in [0.25, 0.3) is 0 Å². The Balaban J connectivity index is 2.01. The lowest BCUT2D eigenvalue weighted by molar-refractivity contribution is -0.130. The average molecular weight is 324 g/mol. The molecule has 1 aliphatic heterocycles. The SMILES string of the molecule is COc1ccc(OC)c(C2=NN(C(C)=O)[C@H](c3ccccc3)C2)c1. The molecule has 1 atom stereocenters. The first-order valence-corrected chi connectivity index (χ1v) is 7.78. The summed E-state index contributed by atoms with van der Waals surface area (Å²) in [6.07, 6.45) is 0.632. The van der Waals surface area contributed by atoms with Crippen LogP contribution >= 0.6 is 0 Å². The van der Waals surface area contributed by atoms with Crippen molar-refractivity contribution in [2.24, 2.45) is 5.10 Å². The van der Waals surface area contributed by atoms with Gasteiger partial charge in [0, 0.05) is 18.9 Å². The third-order valence-electron chi connectivity index (χ3n) is 4.13. The maximum Gasteiger partial charge on any atom is 0.240 e. The molecule has 24 heavy (non-hydrogen) atoms. The van der Waals surface area contributed by atoms with Crippen molar-refractivity contribution in [1.82, 2.24) is 5.01 Å². The molecule has 0 radical (unpaired) electrons. The lowest BCUT2D eigenvalue weighted by atomic mass is 9.98. The summed E-state index contributed by atoms with van der Waals surface area (Å²) in [5.41, 5.74) is 2.73. The van der Waals surface area contributed by atoms with Gasteiger partial charge in [-0.3, -0.25) is 4.79 Å². The molecule has 2 aromatic carbocycles. The molecule has 124 valence electrons. The van der Waals surface area contributed by atoms with Gasteiger partial charge in [0.25, 0.3) is 0 Å². The van der Waals surface area contributed by atoms with E-state index in [2.05, 4.69) is 5.10 Å². The van der Waals surface area contributed by atoms with Crippen LogP contribution in [-0.4, -0.2) is 30.8 Å². The highest BCUT2D eigenvalue weighted by Gasteiger charge is 2.32. The number of benzene rings is 2. The van der Waals surface area contributed by atoms with Crippen molar-refractivity contribution in [1.29, 1.82) is 0 Å². The van der Waals surface area contributed by atoms with Crippen LogP contribution in [-0.2, 0) is 4.79 Å². The van der Waals surface area contributed by atoms with E-state index in [0.29, 0.717) is 12.2 Å². The van der Waals surface area contributed by atoms with Crippen molar-refractivity contribution in [2.45, 2.75) is 19.4 Å². The number of methoxy groups -OCH3 is 2. The molecule has 1 aliphatic rings. The Bertz CT molecular complexity index is 771. The van der Waals surface area contributed by atoms with E-state index in [1.54, 1.807) is 19.2 Å². The van der Waals surface area contributed by atoms with Gasteiger partial charge in [-0.1, -0.05) is 30.3 Å². The first-order chi connectivity index (χ1) is 11.6. The predicted octanol–water partition coefficient (Wildman–Crippen LogP) is 3.40. The number of hydrogen-bond acceptors (Lipinski definition) is 4. The Morgan fingerprint density at radius 2 is 1.88 bits per heavy atom. The molecule has 0 N–H and O–H groups in total. The summed E-state index contributed by atoms with van der Waals surface area (Å²) in [5.74, 6) is 1.36. The molecule has 0 saturated heterocycles. The lowest BCUT2D eigenvalue weighted by Gasteiger charge is -2.20. The summed E-state index contributed by atoms with van der Waals surface area (Å²) in [6, 6.07) is 15.4. The molecule has 0 unspecified atom stereocenters. The second kappa shape index (κ2) is 6.74. The third-order valence-corrected chi connectivity index (χ3v) is 4.13. The molecule has 0 aromatic heterocycles. The second-order valence-corrected chi connectivity index (χ2v) is 5.61. The van der Waals surface area contributed by atoms with Crippen LogP contribution in [0.15, 0.2) is 53.6 Å². The number of hydrogen-bond donors (Lipinski definition) is 0. The molecule has 0 aliphatic carbocycles. The molecular weight excluding hydrogens is 304 g/mol. The van der Waals surface area contributed by atoms with Gasteiger partial charge in [-0.25, -0.2) is 5.01 Å². The van der Waals surface area contributed by atoms with Crippen LogP contribution in [0.4, 0.5) is 0 Å². The maximum absolute atomic E-state index is 12.0. The van der Waals surface area contributed by atoms with Gasteiger partial charge in [0.1, 0.15) is 11.5 Å². The van der Waals surface area contributed by atoms with E-state index in [1.165, 1.54) is 6.92 Å². The van der Waals surface area contributed by atoms with Crippen LogP contribution in [0.3, 0.4) is 0 Å². The van der Waals surface area contributed by atoms with Crippen molar-refractivity contribution >= 4 is 11.6 Å². The fourth-order valence-corrected chi connectivity index (χ4v) is 2.94. The largest absolute Gasteiger partial charge is 0.497 e. The molecule has 5 nitrogen and oxygen atoms in total. The quantitative estimate of drug-likeness (QED) is 0.866. The number of carbonyl (C=O) groups excluding carboxylic acids is 1. The molecule has 0 fully saturated rings. The zero-order valence-corrected chi connectivity index (χ0v) is 14.0. The molecule has 0 bridgehead atoms. The van der Waals surface area contributed by atoms with Gasteiger partial charge in [0.05, 0.1) is 26.0 Å². The van der Waals surface area contributed by atoms with E-state index >= 15 is 0 Å². The highest BCUT2D eigenvalue weighted by Crippen LogP contribution is 2.36. The molecule has 0 saturated carbocycles. The lowest BCUT2D eigenvalue weighted by Crippen LogP contribution is -2.24. The summed E-state index contributed by atoms with van der Waals surface area (Å²) < 4.78 is 10.8. The van der Waals surface area contributed by atoms with E-state index < -0.39 is 0 Å². The van der Waals surface area contributed by atoms with E-state index in [4.69, 9.17) is 9.47 Å². The van der Waals surface area contributed by atoms with Gasteiger partial charge >= 0.3 is 0 Å². The van der Waals surface area contributed by atoms with Gasteiger partial charge in [-0.2, -0.15) is 5.10 Å². The van der Waals surface area contributed by atoms with Crippen LogP contribution in [0.2, 0.25) is 0 Å². The van der Waals surface area contributed by atoms with Gasteiger partial charge in [-0.05, 0) is 23.8 Å². The first-order valence-electron chi connectivity index (χ1n) is 7.78. The van der Waals surface area contributed by atoms with Crippen molar-refractivity contribution in [3.05, 3.63) is 59.7 Å². The molecule has 0 spiro atoms. The van der Waals surface area contributed by atoms with Crippen LogP contribution in [0.1, 0.15) is 30.5 Å². The van der Waals surface area contributed by atoms with Crippen molar-refractivity contribution in [3.8, 4) is 11.5 Å². The van der Waals surface area contributed by atoms with E-state index in [9.17, 15) is 4.79 Å². The molecular formula is C19H20N2O3. The first kappa shape index (κ1) is 16.1. The zero-order chi connectivity index (χ0) is 17.1. The predicted molar refractivity (Wildman–Crippen MR) is 92.4 cm³/mol. The Morgan fingerprint density at radius 3 is 2.50 bits per heavy atom. The minimum atomic E-state index is -0.102. The minimum Gasteiger partial charge on any atom is -0.497 e. The van der Waals surface area contributed by atoms with E-state index in [-0.39, 0.29) is 11.9 Å². The standard InChI is InChI=1S/C19H20N2O3/c1-13(22)21-18(14-7-5-4-6-8-14)12-17(20-21)16-11-15(23-2)9-10-19(16)24-3/h4-11,18H,12H2,1-3H3/t18-/m0/s1. The molecule has 1 heterocycles. The van der Waals surface area contributed by atoms with Crippen molar-refractivity contribution in [2.75, 3.05) is 14.2 Å². The molecule has 2 aromatic rings. The van der Waals surface area contributed by atoms with Crippen LogP contribution in [0.5, 0.6) is 11.5 Å². The molecule has 1 amide bonds. The minimum absolute atomic E-state index is 0.0827. The number of carbonyl (C=O) groups is 1. The monoisotopic (exact) mass is 324 g/mol. The normalized spacial score (nSPS) is 16.7. The highest BCUT2D eigenvalue weighted by atomic mass is 16.5. The summed E-state index contributed by atoms with van der Waals surface area (Å²) in [4.78, 5) is 12.0. The topological polar surface area (TPSA) is 51.1 Å². The number of nitrogens with zero attached hydrogens (tertiary/aromatic N) is 2. The average Bonchev–Trinajstić information content (AvgIpc) is 3.07. The smallest absolute Gasteiger partial charge is 0.240 e. The Labute approximate surface area is 141 Å². The number of amides is 1. The third kappa shape index (κ3) is 2.97. The van der Waals surface area contributed by atoms with E-state index in [1.807, 2.05) is 48.5 Å². The van der Waals surface area contributed by atoms with E-state index in [0.717, 1.165) is 22.6 Å². The zero-order valence-electron chi connectivity index (χ0n) is 14.0. The highest BCUT2D eigenvalue weighted by molar-refractivity contribution is 6.05. The summed E-state index contributed by atoms with van der Waals surface area (Å²) >= 11 is 0. The maximum atomic E-state index is 12.0. The van der Waals surface area contributed by atoms with Gasteiger partial charge < -0.3 is 9.47 Å². The number of ether oxygens (including phenoxy) is 2. The van der Waals surface area contributed by atoms with Gasteiger partial charge in [0.15, 0.2) is 0 Å². The van der Waals surface area contributed by atoms with Crippen molar-refractivity contribution < 1.29 is 14.3 Å². The van der Waals surface area contributed by atoms with Crippen LogP contribution < -0.4 is 9.47 Å². The fraction of sp³-hybridized carbons (Fsp3) is 0.263. The Kier molecular flexibility index (Phi) is 4.51. The summed E-state index contributed by atoms with van der Waals surface area (Å²) in [5, 5.41) is 6.11. The van der Waals surface area contributed by atoms with Crippen LogP contribution in [0, 0.1) is 0 Å². The second-order valence-electron chi connectivity index (χ2n) is 5.61. The van der Waals surface area contributed by atoms with Gasteiger partial charge in [-0.15, -0.1) is 0 Å². The Hall–Kier alpha value is -2.82. The molecule has 3 rings (SSSR count). The fourth-order valence-electron chi connectivity index (χ4n) is 2.94. The summed E-state index contributed by atoms with van der Waals surface area (Å²) in [6.45, 7) is 1.53. The number of hydrazone groups is 1. The van der Waals surface area contributed by atoms with Crippen molar-refractivity contribution in [3.63, 3.8) is 0 Å².